The average Bonchev–Trinajstić information content (AvgIpc) is 3.28. The van der Waals surface area contributed by atoms with Gasteiger partial charge in [0.15, 0.2) is 0 Å². The van der Waals surface area contributed by atoms with E-state index in [0.29, 0.717) is 30.2 Å². The first kappa shape index (κ1) is 22.9. The van der Waals surface area contributed by atoms with Gasteiger partial charge >= 0.3 is 0 Å². The van der Waals surface area contributed by atoms with Gasteiger partial charge in [-0.25, -0.2) is 8.42 Å². The Labute approximate surface area is 195 Å². The molecule has 1 heterocycles. The first-order valence-corrected chi connectivity index (χ1v) is 12.7. The van der Waals surface area contributed by atoms with E-state index >= 15 is 0 Å². The summed E-state index contributed by atoms with van der Waals surface area (Å²) >= 11 is 0. The van der Waals surface area contributed by atoms with Crippen molar-refractivity contribution in [3.8, 4) is 5.75 Å². The number of carbonyl (C=O) groups is 1. The Kier molecular flexibility index (Phi) is 6.99. The van der Waals surface area contributed by atoms with Gasteiger partial charge in [0.05, 0.1) is 11.5 Å². The number of likely N-dealkylation sites (tertiary alicyclic amines) is 1. The van der Waals surface area contributed by atoms with Crippen molar-refractivity contribution in [1.82, 2.24) is 4.90 Å². The molecule has 1 amide bonds. The third-order valence-corrected chi connectivity index (χ3v) is 7.14. The van der Waals surface area contributed by atoms with Crippen LogP contribution < -0.4 is 9.46 Å². The summed E-state index contributed by atoms with van der Waals surface area (Å²) in [5.74, 6) is 0.537. The van der Waals surface area contributed by atoms with Crippen LogP contribution in [0.3, 0.4) is 0 Å². The Morgan fingerprint density at radius 2 is 1.79 bits per heavy atom. The smallest absolute Gasteiger partial charge is 0.261 e. The highest BCUT2D eigenvalue weighted by Crippen LogP contribution is 2.25. The fraction of sp³-hybridized carbons (Fsp3) is 0.269. The second-order valence-corrected chi connectivity index (χ2v) is 9.76. The van der Waals surface area contributed by atoms with Crippen LogP contribution in [0, 0.1) is 0 Å². The van der Waals surface area contributed by atoms with Crippen molar-refractivity contribution in [3.63, 3.8) is 0 Å². The molecule has 0 radical (unpaired) electrons. The Balaban J connectivity index is 1.49. The van der Waals surface area contributed by atoms with Gasteiger partial charge in [0.25, 0.3) is 15.9 Å². The van der Waals surface area contributed by atoms with Crippen molar-refractivity contribution >= 4 is 21.6 Å². The molecular formula is C26H28N2O4S. The second-order valence-electron chi connectivity index (χ2n) is 8.08. The van der Waals surface area contributed by atoms with Crippen LogP contribution in [0.4, 0.5) is 5.69 Å². The van der Waals surface area contributed by atoms with E-state index < -0.39 is 10.0 Å². The number of sulfonamides is 1. The molecule has 1 N–H and O–H groups in total. The molecule has 1 aliphatic rings. The molecule has 0 aliphatic carbocycles. The summed E-state index contributed by atoms with van der Waals surface area (Å²) in [6, 6.07) is 23.2. The van der Waals surface area contributed by atoms with Gasteiger partial charge in [0.2, 0.25) is 0 Å². The number of benzene rings is 3. The summed E-state index contributed by atoms with van der Waals surface area (Å²) in [6.45, 7) is 3.10. The summed E-state index contributed by atoms with van der Waals surface area (Å²) in [6.07, 6.45) is 2.68. The van der Waals surface area contributed by atoms with E-state index in [1.165, 1.54) is 17.7 Å². The Morgan fingerprint density at radius 3 is 2.52 bits per heavy atom. The zero-order valence-electron chi connectivity index (χ0n) is 18.6. The molecule has 1 saturated heterocycles. The number of rotatable bonds is 8. The molecule has 1 fully saturated rings. The molecule has 172 valence electrons. The average molecular weight is 465 g/mol. The van der Waals surface area contributed by atoms with Gasteiger partial charge in [0, 0.05) is 23.8 Å². The molecular weight excluding hydrogens is 436 g/mol. The zero-order chi connectivity index (χ0) is 23.3. The zero-order valence-corrected chi connectivity index (χ0v) is 19.4. The lowest BCUT2D eigenvalue weighted by Gasteiger charge is -2.25. The van der Waals surface area contributed by atoms with Gasteiger partial charge < -0.3 is 9.64 Å². The predicted molar refractivity (Wildman–Crippen MR) is 129 cm³/mol. The number of nitrogens with one attached hydrogen (secondary N) is 1. The second kappa shape index (κ2) is 10.1. The minimum Gasteiger partial charge on any atom is -0.494 e. The maximum atomic E-state index is 13.3. The molecule has 3 aromatic rings. The summed E-state index contributed by atoms with van der Waals surface area (Å²) in [7, 11) is -3.84. The molecule has 0 bridgehead atoms. The molecule has 4 rings (SSSR count). The van der Waals surface area contributed by atoms with E-state index in [4.69, 9.17) is 4.74 Å². The van der Waals surface area contributed by atoms with Crippen molar-refractivity contribution in [2.24, 2.45) is 0 Å². The SMILES string of the molecule is CCOc1ccc(NS(=O)(=O)c2cccc(C(=O)N3CCCC3Cc3ccccc3)c2)cc1. The highest BCUT2D eigenvalue weighted by atomic mass is 32.2. The van der Waals surface area contributed by atoms with E-state index in [2.05, 4.69) is 16.9 Å². The number of anilines is 1. The third-order valence-electron chi connectivity index (χ3n) is 5.76. The Morgan fingerprint density at radius 1 is 1.03 bits per heavy atom. The minimum absolute atomic E-state index is 0.0565. The van der Waals surface area contributed by atoms with Crippen LogP contribution in [0.15, 0.2) is 83.8 Å². The van der Waals surface area contributed by atoms with Crippen molar-refractivity contribution in [2.75, 3.05) is 17.9 Å². The lowest BCUT2D eigenvalue weighted by molar-refractivity contribution is 0.0736. The fourth-order valence-corrected chi connectivity index (χ4v) is 5.27. The summed E-state index contributed by atoms with van der Waals surface area (Å²) in [5, 5.41) is 0. The number of hydrogen-bond donors (Lipinski definition) is 1. The van der Waals surface area contributed by atoms with E-state index in [1.54, 1.807) is 36.4 Å². The van der Waals surface area contributed by atoms with Gasteiger partial charge in [-0.3, -0.25) is 9.52 Å². The highest BCUT2D eigenvalue weighted by molar-refractivity contribution is 7.92. The fourth-order valence-electron chi connectivity index (χ4n) is 4.16. The molecule has 1 unspecified atom stereocenters. The quantitative estimate of drug-likeness (QED) is 0.523. The van der Waals surface area contributed by atoms with Gasteiger partial charge in [-0.05, 0) is 74.2 Å². The molecule has 3 aromatic carbocycles. The van der Waals surface area contributed by atoms with E-state index in [9.17, 15) is 13.2 Å². The summed E-state index contributed by atoms with van der Waals surface area (Å²) in [4.78, 5) is 15.2. The number of carbonyl (C=O) groups excluding carboxylic acids is 1. The minimum atomic E-state index is -3.84. The highest BCUT2D eigenvalue weighted by Gasteiger charge is 2.30. The maximum absolute atomic E-state index is 13.3. The first-order valence-electron chi connectivity index (χ1n) is 11.2. The number of nitrogens with zero attached hydrogens (tertiary/aromatic N) is 1. The van der Waals surface area contributed by atoms with Crippen LogP contribution in [0.2, 0.25) is 0 Å². The van der Waals surface area contributed by atoms with Crippen molar-refractivity contribution in [3.05, 3.63) is 90.0 Å². The normalized spacial score (nSPS) is 15.9. The molecule has 0 saturated carbocycles. The Hall–Kier alpha value is -3.32. The Bertz CT molecular complexity index is 1190. The van der Waals surface area contributed by atoms with Crippen LogP contribution in [-0.4, -0.2) is 38.4 Å². The largest absolute Gasteiger partial charge is 0.494 e. The van der Waals surface area contributed by atoms with Crippen LogP contribution >= 0.6 is 0 Å². The molecule has 0 spiro atoms. The van der Waals surface area contributed by atoms with E-state index in [1.807, 2.05) is 30.0 Å². The van der Waals surface area contributed by atoms with Crippen molar-refractivity contribution in [1.29, 1.82) is 0 Å². The third kappa shape index (κ3) is 5.54. The molecule has 33 heavy (non-hydrogen) atoms. The van der Waals surface area contributed by atoms with Gasteiger partial charge in [-0.15, -0.1) is 0 Å². The van der Waals surface area contributed by atoms with Gasteiger partial charge in [-0.1, -0.05) is 36.4 Å². The molecule has 1 aliphatic heterocycles. The molecule has 1 atom stereocenters. The number of hydrogen-bond acceptors (Lipinski definition) is 4. The lowest BCUT2D eigenvalue weighted by Crippen LogP contribution is -2.36. The molecule has 0 aromatic heterocycles. The van der Waals surface area contributed by atoms with Gasteiger partial charge in [-0.2, -0.15) is 0 Å². The topological polar surface area (TPSA) is 75.7 Å². The number of amides is 1. The summed E-state index contributed by atoms with van der Waals surface area (Å²) in [5.41, 5.74) is 2.00. The summed E-state index contributed by atoms with van der Waals surface area (Å²) < 4.78 is 33.9. The van der Waals surface area contributed by atoms with Crippen LogP contribution in [0.25, 0.3) is 0 Å². The van der Waals surface area contributed by atoms with Crippen LogP contribution in [0.5, 0.6) is 5.75 Å². The van der Waals surface area contributed by atoms with Crippen LogP contribution in [-0.2, 0) is 16.4 Å². The van der Waals surface area contributed by atoms with Crippen molar-refractivity contribution < 1.29 is 17.9 Å². The number of ether oxygens (including phenoxy) is 1. The maximum Gasteiger partial charge on any atom is 0.261 e. The molecule has 7 heteroatoms. The predicted octanol–water partition coefficient (Wildman–Crippen LogP) is 4.73. The van der Waals surface area contributed by atoms with Crippen LogP contribution in [0.1, 0.15) is 35.7 Å². The molecule has 6 nitrogen and oxygen atoms in total. The first-order chi connectivity index (χ1) is 16.0. The van der Waals surface area contributed by atoms with E-state index in [0.717, 1.165) is 19.3 Å². The van der Waals surface area contributed by atoms with Gasteiger partial charge in [0.1, 0.15) is 5.75 Å². The standard InChI is InChI=1S/C26H28N2O4S/c1-2-32-24-15-13-22(14-16-24)27-33(30,31)25-12-6-10-21(19-25)26(29)28-17-7-11-23(28)18-20-8-4-3-5-9-20/h3-6,8-10,12-16,19,23,27H,2,7,11,17-18H2,1H3. The monoisotopic (exact) mass is 464 g/mol. The van der Waals surface area contributed by atoms with Crippen molar-refractivity contribution in [2.45, 2.75) is 37.1 Å². The lowest BCUT2D eigenvalue weighted by atomic mass is 10.0. The van der Waals surface area contributed by atoms with E-state index in [-0.39, 0.29) is 16.8 Å².